The van der Waals surface area contributed by atoms with Gasteiger partial charge in [-0.1, -0.05) is 13.8 Å². The zero-order chi connectivity index (χ0) is 25.5. The Hall–Kier alpha value is -2.35. The van der Waals surface area contributed by atoms with Crippen LogP contribution >= 0.6 is 0 Å². The average molecular weight is 491 g/mol. The summed E-state index contributed by atoms with van der Waals surface area (Å²) in [6.45, 7) is 9.60. The molecule has 0 unspecified atom stereocenters. The first-order valence-corrected chi connectivity index (χ1v) is 12.7. The molecule has 2 aliphatic rings. The van der Waals surface area contributed by atoms with Crippen molar-refractivity contribution in [3.8, 4) is 0 Å². The van der Waals surface area contributed by atoms with Gasteiger partial charge in [0.15, 0.2) is 0 Å². The fourth-order valence-corrected chi connectivity index (χ4v) is 5.86. The molecule has 0 bridgehead atoms. The molecule has 5 nitrogen and oxygen atoms in total. The summed E-state index contributed by atoms with van der Waals surface area (Å²) in [5, 5.41) is 3.64. The van der Waals surface area contributed by atoms with Crippen molar-refractivity contribution >= 4 is 22.5 Å². The second kappa shape index (κ2) is 9.96. The summed E-state index contributed by atoms with van der Waals surface area (Å²) in [6.07, 6.45) is 0.897. The van der Waals surface area contributed by atoms with Gasteiger partial charge in [-0.15, -0.1) is 0 Å². The number of alkyl halides is 3. The van der Waals surface area contributed by atoms with Crippen LogP contribution in [-0.2, 0) is 11.0 Å². The van der Waals surface area contributed by atoms with E-state index in [9.17, 15) is 18.0 Å². The highest BCUT2D eigenvalue weighted by Gasteiger charge is 2.43. The highest BCUT2D eigenvalue weighted by atomic mass is 19.4. The first-order chi connectivity index (χ1) is 16.5. The number of pyridine rings is 1. The molecule has 4 atom stereocenters. The molecule has 1 saturated heterocycles. The Morgan fingerprint density at radius 2 is 1.86 bits per heavy atom. The number of likely N-dealkylation sites (tertiary alicyclic amines) is 1. The van der Waals surface area contributed by atoms with Crippen LogP contribution in [0.3, 0.4) is 0 Å². The average Bonchev–Trinajstić information content (AvgIpc) is 3.17. The number of hydrogen-bond donors (Lipinski definition) is 1. The second-order valence-corrected chi connectivity index (χ2v) is 10.8. The number of carbonyl (C=O) groups excluding carboxylic acids is 1. The molecule has 1 aliphatic carbocycles. The number of rotatable bonds is 6. The van der Waals surface area contributed by atoms with Crippen LogP contribution in [0.25, 0.3) is 10.9 Å². The molecule has 0 radical (unpaired) electrons. The van der Waals surface area contributed by atoms with Crippen molar-refractivity contribution in [2.75, 3.05) is 18.9 Å². The first-order valence-electron chi connectivity index (χ1n) is 12.7. The van der Waals surface area contributed by atoms with Gasteiger partial charge in [0.1, 0.15) is 6.04 Å². The Morgan fingerprint density at radius 3 is 2.51 bits per heavy atom. The summed E-state index contributed by atoms with van der Waals surface area (Å²) >= 11 is 0. The van der Waals surface area contributed by atoms with Gasteiger partial charge >= 0.3 is 6.18 Å². The van der Waals surface area contributed by atoms with Crippen molar-refractivity contribution in [1.82, 2.24) is 14.8 Å². The van der Waals surface area contributed by atoms with Crippen molar-refractivity contribution < 1.29 is 18.0 Å². The third-order valence-electron chi connectivity index (χ3n) is 8.12. The standard InChI is InChI=1S/C27H37F3N4O/c1-16(2)20-15-19(33(5)17(3)4)7-9-25(20)34-13-11-24(26(34)35)32-23-10-12-31-22-8-6-18(14-21(22)23)27(28,29)30/h6,8,10,12,14,16-17,19-20,24-25H,7,9,11,13,15H2,1-5H3,(H,31,32)/t19-,20-,24-,25-/m0/s1. The fraction of sp³-hybridized carbons (Fsp3) is 0.630. The minimum atomic E-state index is -4.43. The maximum Gasteiger partial charge on any atom is 0.416 e. The van der Waals surface area contributed by atoms with Gasteiger partial charge in [-0.3, -0.25) is 9.78 Å². The molecule has 2 fully saturated rings. The molecule has 1 N–H and O–H groups in total. The summed E-state index contributed by atoms with van der Waals surface area (Å²) in [6, 6.07) is 5.96. The maximum atomic E-state index is 13.5. The van der Waals surface area contributed by atoms with Gasteiger partial charge in [0.2, 0.25) is 5.91 Å². The van der Waals surface area contributed by atoms with E-state index in [1.165, 1.54) is 6.07 Å². The lowest BCUT2D eigenvalue weighted by molar-refractivity contribution is -0.137. The molecule has 2 aromatic rings. The number of nitrogens with one attached hydrogen (secondary N) is 1. The van der Waals surface area contributed by atoms with E-state index in [4.69, 9.17) is 0 Å². The highest BCUT2D eigenvalue weighted by molar-refractivity contribution is 5.95. The number of anilines is 1. The molecule has 1 saturated carbocycles. The van der Waals surface area contributed by atoms with E-state index in [0.717, 1.165) is 31.4 Å². The van der Waals surface area contributed by atoms with E-state index in [-0.39, 0.29) is 11.9 Å². The number of nitrogens with zero attached hydrogens (tertiary/aromatic N) is 3. The molecule has 35 heavy (non-hydrogen) atoms. The van der Waals surface area contributed by atoms with E-state index in [0.29, 0.717) is 53.5 Å². The van der Waals surface area contributed by atoms with Crippen molar-refractivity contribution in [2.24, 2.45) is 11.8 Å². The van der Waals surface area contributed by atoms with Gasteiger partial charge in [0, 0.05) is 41.9 Å². The predicted molar refractivity (Wildman–Crippen MR) is 133 cm³/mol. The molecular formula is C27H37F3N4O. The molecule has 4 rings (SSSR count). The third kappa shape index (κ3) is 5.27. The SMILES string of the molecule is CC(C)[C@@H]1C[C@@H](N(C)C(C)C)CC[C@@H]1N1CC[C@H](Nc2ccnc3ccc(C(F)(F)F)cc23)C1=O. The second-order valence-electron chi connectivity index (χ2n) is 10.8. The highest BCUT2D eigenvalue weighted by Crippen LogP contribution is 2.38. The Labute approximate surface area is 206 Å². The van der Waals surface area contributed by atoms with Gasteiger partial charge in [0.05, 0.1) is 11.1 Å². The van der Waals surface area contributed by atoms with Crippen LogP contribution in [0.5, 0.6) is 0 Å². The number of amides is 1. The van der Waals surface area contributed by atoms with Gasteiger partial charge < -0.3 is 15.1 Å². The Morgan fingerprint density at radius 1 is 1.11 bits per heavy atom. The Bertz CT molecular complexity index is 1050. The molecule has 0 spiro atoms. The van der Waals surface area contributed by atoms with Crippen LogP contribution in [0.1, 0.15) is 58.9 Å². The topological polar surface area (TPSA) is 48.5 Å². The number of carbonyl (C=O) groups is 1. The molecule has 1 aromatic heterocycles. The lowest BCUT2D eigenvalue weighted by Gasteiger charge is -2.46. The number of aromatic nitrogens is 1. The largest absolute Gasteiger partial charge is 0.416 e. The number of hydrogen-bond acceptors (Lipinski definition) is 4. The smallest absolute Gasteiger partial charge is 0.373 e. The van der Waals surface area contributed by atoms with E-state index in [2.05, 4.69) is 49.9 Å². The maximum absolute atomic E-state index is 13.5. The number of benzene rings is 1. The van der Waals surface area contributed by atoms with Crippen molar-refractivity contribution in [1.29, 1.82) is 0 Å². The van der Waals surface area contributed by atoms with Crippen LogP contribution in [0.4, 0.5) is 18.9 Å². The van der Waals surface area contributed by atoms with Gasteiger partial charge in [0.25, 0.3) is 0 Å². The fourth-order valence-electron chi connectivity index (χ4n) is 5.86. The normalized spacial score (nSPS) is 25.9. The molecule has 2 heterocycles. The van der Waals surface area contributed by atoms with Crippen LogP contribution in [-0.4, -0.2) is 58.5 Å². The third-order valence-corrected chi connectivity index (χ3v) is 8.12. The van der Waals surface area contributed by atoms with Crippen molar-refractivity contribution in [3.63, 3.8) is 0 Å². The van der Waals surface area contributed by atoms with E-state index in [1.54, 1.807) is 12.3 Å². The minimum absolute atomic E-state index is 0.0493. The molecule has 1 aliphatic heterocycles. The lowest BCUT2D eigenvalue weighted by atomic mass is 9.74. The zero-order valence-corrected chi connectivity index (χ0v) is 21.3. The lowest BCUT2D eigenvalue weighted by Crippen LogP contribution is -2.52. The van der Waals surface area contributed by atoms with Crippen molar-refractivity contribution in [2.45, 2.75) is 83.7 Å². The van der Waals surface area contributed by atoms with Crippen LogP contribution in [0.15, 0.2) is 30.5 Å². The minimum Gasteiger partial charge on any atom is -0.373 e. The van der Waals surface area contributed by atoms with E-state index >= 15 is 0 Å². The molecule has 1 aromatic carbocycles. The molecule has 1 amide bonds. The predicted octanol–water partition coefficient (Wildman–Crippen LogP) is 5.80. The summed E-state index contributed by atoms with van der Waals surface area (Å²) in [5.74, 6) is 0.940. The van der Waals surface area contributed by atoms with Crippen LogP contribution in [0.2, 0.25) is 0 Å². The number of halogens is 3. The zero-order valence-electron chi connectivity index (χ0n) is 21.3. The quantitative estimate of drug-likeness (QED) is 0.556. The van der Waals surface area contributed by atoms with Crippen LogP contribution < -0.4 is 5.32 Å². The van der Waals surface area contributed by atoms with Gasteiger partial charge in [-0.25, -0.2) is 0 Å². The first kappa shape index (κ1) is 25.7. The van der Waals surface area contributed by atoms with Crippen molar-refractivity contribution in [3.05, 3.63) is 36.0 Å². The van der Waals surface area contributed by atoms with Crippen LogP contribution in [0, 0.1) is 11.8 Å². The van der Waals surface area contributed by atoms with Gasteiger partial charge in [-0.05, 0) is 82.7 Å². The number of fused-ring (bicyclic) bond motifs is 1. The summed E-state index contributed by atoms with van der Waals surface area (Å²) < 4.78 is 39.9. The Kier molecular flexibility index (Phi) is 7.32. The molecule has 8 heteroatoms. The monoisotopic (exact) mass is 490 g/mol. The molecular weight excluding hydrogens is 453 g/mol. The summed E-state index contributed by atoms with van der Waals surface area (Å²) in [7, 11) is 2.19. The summed E-state index contributed by atoms with van der Waals surface area (Å²) in [5.41, 5.74) is 0.269. The Balaban J connectivity index is 1.52. The van der Waals surface area contributed by atoms with Gasteiger partial charge in [-0.2, -0.15) is 13.2 Å². The molecule has 192 valence electrons. The van der Waals surface area contributed by atoms with E-state index in [1.807, 2.05) is 4.90 Å². The summed E-state index contributed by atoms with van der Waals surface area (Å²) in [4.78, 5) is 22.2. The van der Waals surface area contributed by atoms with E-state index < -0.39 is 17.8 Å².